The smallest absolute Gasteiger partial charge is 0.307 e. The van der Waals surface area contributed by atoms with Crippen LogP contribution in [0.3, 0.4) is 0 Å². The van der Waals surface area contributed by atoms with Gasteiger partial charge in [0.25, 0.3) is 5.91 Å². The Hall–Kier alpha value is -2.33. The second-order valence-electron chi connectivity index (χ2n) is 5.66. The third kappa shape index (κ3) is 7.21. The summed E-state index contributed by atoms with van der Waals surface area (Å²) in [4.78, 5) is 23.6. The number of esters is 1. The van der Waals surface area contributed by atoms with Crippen LogP contribution in [0.1, 0.15) is 6.42 Å². The van der Waals surface area contributed by atoms with Crippen molar-refractivity contribution in [2.24, 2.45) is 0 Å². The van der Waals surface area contributed by atoms with Gasteiger partial charge in [-0.25, -0.2) is 13.1 Å². The molecular formula is C18H18Cl2N2O6S. The lowest BCUT2D eigenvalue weighted by atomic mass is 10.3. The highest BCUT2D eigenvalue weighted by Gasteiger charge is 2.15. The van der Waals surface area contributed by atoms with Crippen molar-refractivity contribution in [3.05, 3.63) is 52.5 Å². The van der Waals surface area contributed by atoms with Crippen molar-refractivity contribution in [2.45, 2.75) is 11.3 Å². The second-order valence-corrected chi connectivity index (χ2v) is 8.27. The lowest BCUT2D eigenvalue weighted by molar-refractivity contribution is -0.147. The summed E-state index contributed by atoms with van der Waals surface area (Å²) in [7, 11) is -2.31. The van der Waals surface area contributed by atoms with Gasteiger partial charge in [-0.2, -0.15) is 0 Å². The Morgan fingerprint density at radius 1 is 1.07 bits per heavy atom. The summed E-state index contributed by atoms with van der Waals surface area (Å²) in [6.45, 7) is -0.702. The molecule has 0 saturated heterocycles. The van der Waals surface area contributed by atoms with Crippen LogP contribution in [-0.2, 0) is 24.3 Å². The zero-order chi connectivity index (χ0) is 21.4. The van der Waals surface area contributed by atoms with Gasteiger partial charge in [-0.3, -0.25) is 9.59 Å². The predicted octanol–water partition coefficient (Wildman–Crippen LogP) is 2.85. The van der Waals surface area contributed by atoms with Gasteiger partial charge in [0.2, 0.25) is 10.0 Å². The minimum Gasteiger partial charge on any atom is -0.495 e. The number of anilines is 1. The highest BCUT2D eigenvalue weighted by atomic mass is 35.5. The number of halogens is 2. The summed E-state index contributed by atoms with van der Waals surface area (Å²) < 4.78 is 36.3. The molecule has 29 heavy (non-hydrogen) atoms. The Labute approximate surface area is 178 Å². The average molecular weight is 461 g/mol. The Kier molecular flexibility index (Phi) is 8.27. The number of methoxy groups -OCH3 is 1. The average Bonchev–Trinajstić information content (AvgIpc) is 2.67. The van der Waals surface area contributed by atoms with E-state index in [0.717, 1.165) is 0 Å². The number of amides is 1. The number of hydrogen-bond acceptors (Lipinski definition) is 6. The lowest BCUT2D eigenvalue weighted by Crippen LogP contribution is -2.28. The van der Waals surface area contributed by atoms with E-state index < -0.39 is 28.5 Å². The molecule has 8 nitrogen and oxygen atoms in total. The molecule has 2 rings (SSSR count). The zero-order valence-corrected chi connectivity index (χ0v) is 17.6. The molecule has 0 fully saturated rings. The van der Waals surface area contributed by atoms with Crippen molar-refractivity contribution >= 4 is 50.8 Å². The van der Waals surface area contributed by atoms with E-state index in [9.17, 15) is 18.0 Å². The van der Waals surface area contributed by atoms with E-state index in [4.69, 9.17) is 32.7 Å². The molecule has 0 aromatic heterocycles. The number of hydrogen-bond donors (Lipinski definition) is 2. The largest absolute Gasteiger partial charge is 0.495 e. The van der Waals surface area contributed by atoms with Crippen LogP contribution in [0.15, 0.2) is 47.4 Å². The Morgan fingerprint density at radius 2 is 1.76 bits per heavy atom. The fraction of sp³-hybridized carbons (Fsp3) is 0.222. The molecule has 2 aromatic rings. The summed E-state index contributed by atoms with van der Waals surface area (Å²) in [5.41, 5.74) is 0.410. The van der Waals surface area contributed by atoms with Crippen LogP contribution >= 0.6 is 23.2 Å². The SMILES string of the molecule is COc1ccc(NC(=O)COC(=O)CCNS(=O)(=O)c2ccc(Cl)cc2)cc1Cl. The Bertz CT molecular complexity index is 980. The molecule has 1 amide bonds. The van der Waals surface area contributed by atoms with Crippen LogP contribution < -0.4 is 14.8 Å². The van der Waals surface area contributed by atoms with Crippen LogP contribution in [0.25, 0.3) is 0 Å². The van der Waals surface area contributed by atoms with Crippen molar-refractivity contribution < 1.29 is 27.5 Å². The summed E-state index contributed by atoms with van der Waals surface area (Å²) in [6.07, 6.45) is -0.242. The fourth-order valence-corrected chi connectivity index (χ4v) is 3.56. The van der Waals surface area contributed by atoms with E-state index in [0.29, 0.717) is 21.5 Å². The Balaban J connectivity index is 1.74. The first-order chi connectivity index (χ1) is 13.7. The molecule has 0 aliphatic carbocycles. The number of sulfonamides is 1. The fourth-order valence-electron chi connectivity index (χ4n) is 2.14. The van der Waals surface area contributed by atoms with Gasteiger partial charge in [0, 0.05) is 17.3 Å². The maximum Gasteiger partial charge on any atom is 0.307 e. The number of ether oxygens (including phenoxy) is 2. The van der Waals surface area contributed by atoms with Crippen molar-refractivity contribution in [3.8, 4) is 5.75 Å². The van der Waals surface area contributed by atoms with E-state index in [1.165, 1.54) is 37.4 Å². The van der Waals surface area contributed by atoms with Gasteiger partial charge >= 0.3 is 5.97 Å². The topological polar surface area (TPSA) is 111 Å². The summed E-state index contributed by atoms with van der Waals surface area (Å²) in [5.74, 6) is -0.842. The van der Waals surface area contributed by atoms with Crippen LogP contribution in [0.5, 0.6) is 5.75 Å². The number of carbonyl (C=O) groups is 2. The normalized spacial score (nSPS) is 11.0. The summed E-state index contributed by atoms with van der Waals surface area (Å²) >= 11 is 11.7. The van der Waals surface area contributed by atoms with E-state index in [1.54, 1.807) is 12.1 Å². The Morgan fingerprint density at radius 3 is 2.38 bits per heavy atom. The summed E-state index contributed by atoms with van der Waals surface area (Å²) in [6, 6.07) is 10.2. The van der Waals surface area contributed by atoms with Crippen LogP contribution in [0.2, 0.25) is 10.0 Å². The van der Waals surface area contributed by atoms with E-state index in [1.807, 2.05) is 0 Å². The third-order valence-electron chi connectivity index (χ3n) is 3.54. The first-order valence-corrected chi connectivity index (χ1v) is 10.5. The molecule has 156 valence electrons. The van der Waals surface area contributed by atoms with E-state index in [2.05, 4.69) is 10.0 Å². The molecule has 0 bridgehead atoms. The zero-order valence-electron chi connectivity index (χ0n) is 15.3. The molecule has 0 aliphatic heterocycles. The highest BCUT2D eigenvalue weighted by Crippen LogP contribution is 2.27. The summed E-state index contributed by atoms with van der Waals surface area (Å²) in [5, 5.41) is 3.24. The maximum absolute atomic E-state index is 12.1. The monoisotopic (exact) mass is 460 g/mol. The van der Waals surface area contributed by atoms with Gasteiger partial charge in [0.05, 0.1) is 23.4 Å². The molecule has 0 heterocycles. The molecule has 0 aliphatic rings. The van der Waals surface area contributed by atoms with Crippen molar-refractivity contribution in [1.82, 2.24) is 4.72 Å². The maximum atomic E-state index is 12.1. The minimum absolute atomic E-state index is 0.0211. The number of carbonyl (C=O) groups excluding carboxylic acids is 2. The van der Waals surface area contributed by atoms with Gasteiger partial charge in [0.1, 0.15) is 5.75 Å². The van der Waals surface area contributed by atoms with E-state index in [-0.39, 0.29) is 17.9 Å². The first kappa shape index (κ1) is 23.0. The van der Waals surface area contributed by atoms with Gasteiger partial charge < -0.3 is 14.8 Å². The van der Waals surface area contributed by atoms with E-state index >= 15 is 0 Å². The molecule has 0 radical (unpaired) electrons. The lowest BCUT2D eigenvalue weighted by Gasteiger charge is -2.09. The van der Waals surface area contributed by atoms with Crippen LogP contribution in [0, 0.1) is 0 Å². The van der Waals surface area contributed by atoms with Crippen molar-refractivity contribution in [2.75, 3.05) is 25.6 Å². The predicted molar refractivity (Wildman–Crippen MR) is 109 cm³/mol. The highest BCUT2D eigenvalue weighted by molar-refractivity contribution is 7.89. The molecule has 0 spiro atoms. The first-order valence-electron chi connectivity index (χ1n) is 8.25. The quantitative estimate of drug-likeness (QED) is 0.556. The van der Waals surface area contributed by atoms with Crippen LogP contribution in [-0.4, -0.2) is 40.6 Å². The standard InChI is InChI=1S/C18H18Cl2N2O6S/c1-27-16-7-4-13(10-15(16)20)22-17(23)11-28-18(24)8-9-21-29(25,26)14-5-2-12(19)3-6-14/h2-7,10,21H,8-9,11H2,1H3,(H,22,23). The van der Waals surface area contributed by atoms with Crippen molar-refractivity contribution in [3.63, 3.8) is 0 Å². The third-order valence-corrected chi connectivity index (χ3v) is 5.57. The minimum atomic E-state index is -3.77. The molecule has 11 heteroatoms. The van der Waals surface area contributed by atoms with Gasteiger partial charge in [-0.05, 0) is 42.5 Å². The van der Waals surface area contributed by atoms with Crippen LogP contribution in [0.4, 0.5) is 5.69 Å². The number of nitrogens with one attached hydrogen (secondary N) is 2. The van der Waals surface area contributed by atoms with Gasteiger partial charge in [-0.15, -0.1) is 0 Å². The molecule has 0 saturated carbocycles. The number of rotatable bonds is 9. The van der Waals surface area contributed by atoms with Gasteiger partial charge in [0.15, 0.2) is 6.61 Å². The van der Waals surface area contributed by atoms with Crippen molar-refractivity contribution in [1.29, 1.82) is 0 Å². The second kappa shape index (κ2) is 10.4. The van der Waals surface area contributed by atoms with Gasteiger partial charge in [-0.1, -0.05) is 23.2 Å². The molecule has 0 unspecified atom stereocenters. The molecule has 2 aromatic carbocycles. The number of benzene rings is 2. The molecule has 0 atom stereocenters. The molecular weight excluding hydrogens is 443 g/mol. The molecule has 2 N–H and O–H groups in total.